The van der Waals surface area contributed by atoms with Gasteiger partial charge in [-0.3, -0.25) is 28.8 Å². The maximum absolute atomic E-state index is 16.1. The number of benzene rings is 3. The lowest BCUT2D eigenvalue weighted by Crippen LogP contribution is -2.41. The summed E-state index contributed by atoms with van der Waals surface area (Å²) in [6.45, 7) is 12.4. The van der Waals surface area contributed by atoms with E-state index in [0.717, 1.165) is 35.5 Å². The Morgan fingerprint density at radius 2 is 1.74 bits per heavy atom. The zero-order valence-corrected chi connectivity index (χ0v) is 37.3. The predicted molar refractivity (Wildman–Crippen MR) is 240 cm³/mol. The number of nitrogens with two attached hydrogens (primary N) is 1. The van der Waals surface area contributed by atoms with Crippen LogP contribution < -0.4 is 22.2 Å². The molecule has 1 saturated carbocycles. The molecule has 4 N–H and O–H groups in total. The fourth-order valence-electron chi connectivity index (χ4n) is 10.6. The van der Waals surface area contributed by atoms with Crippen LogP contribution in [0, 0.1) is 31.4 Å². The van der Waals surface area contributed by atoms with Crippen LogP contribution in [0.5, 0.6) is 0 Å². The van der Waals surface area contributed by atoms with Crippen molar-refractivity contribution in [3.63, 3.8) is 0 Å². The first-order valence-corrected chi connectivity index (χ1v) is 22.0. The Hall–Kier alpha value is -6.88. The molecule has 3 aliphatic rings. The minimum absolute atomic E-state index is 0.00628. The lowest BCUT2D eigenvalue weighted by atomic mass is 9.83. The van der Waals surface area contributed by atoms with E-state index in [1.165, 1.54) is 27.6 Å². The number of nitrogens with one attached hydrogen (secondary N) is 2. The summed E-state index contributed by atoms with van der Waals surface area (Å²) in [7, 11) is 1.65. The van der Waals surface area contributed by atoms with Crippen LogP contribution in [0.3, 0.4) is 0 Å². The number of hydrogen-bond donors (Lipinski definition) is 3. The number of carbonyl (C=O) groups is 1. The quantitative estimate of drug-likeness (QED) is 0.153. The van der Waals surface area contributed by atoms with Crippen LogP contribution in [0.4, 0.5) is 14.5 Å². The topological polar surface area (TPSA) is 176 Å². The van der Waals surface area contributed by atoms with Gasteiger partial charge in [0.1, 0.15) is 22.9 Å². The molecule has 0 unspecified atom stereocenters. The molecular formula is C48H51F2N10O5+. The van der Waals surface area contributed by atoms with Gasteiger partial charge in [-0.2, -0.15) is 5.10 Å². The first-order valence-electron chi connectivity index (χ1n) is 22.0. The van der Waals surface area contributed by atoms with Gasteiger partial charge in [0.2, 0.25) is 0 Å². The molecule has 3 aromatic carbocycles. The highest BCUT2D eigenvalue weighted by molar-refractivity contribution is 6.00. The van der Waals surface area contributed by atoms with E-state index < -0.39 is 28.8 Å². The van der Waals surface area contributed by atoms with Gasteiger partial charge in [-0.15, -0.1) is 0 Å². The summed E-state index contributed by atoms with van der Waals surface area (Å²) in [4.78, 5) is 47.2. The van der Waals surface area contributed by atoms with Gasteiger partial charge in [0.25, 0.3) is 5.91 Å². The Balaban J connectivity index is 1.13. The molecule has 17 heteroatoms. The molecule has 0 radical (unpaired) electrons. The number of H-pyrrole nitrogens is 1. The van der Waals surface area contributed by atoms with Gasteiger partial charge in [0.05, 0.1) is 40.0 Å². The molecule has 2 fully saturated rings. The summed E-state index contributed by atoms with van der Waals surface area (Å²) in [6, 6.07) is 14.1. The van der Waals surface area contributed by atoms with Crippen LogP contribution in [0.25, 0.3) is 28.1 Å². The highest BCUT2D eigenvalue weighted by atomic mass is 19.1. The third-order valence-corrected chi connectivity index (χ3v) is 14.0. The van der Waals surface area contributed by atoms with Gasteiger partial charge < -0.3 is 19.5 Å². The standard InChI is InChI=1S/C48H50F2N10O5/c1-25-18-32(19-26(2)40(25)49)60-42(58-16-15-57(46(58)63)37-11-9-34(52-7)33(24-51)41(37)50)39-28(4)56(14-12-35(39)54-60)43(61)38-21-31-20-29(30-13-17-64-47(5,6)23-30)8-10-36(31)59(38)48(22-27(48)3)44-53-45(62)65-55-44/h8-11,15-16,18-21,24,27-28,30,51-52H,12-14,17,22-23H2,1-7H3,(H,53,55,62)/p+1/t27-,28-,30-,48-/m0/s1. The number of amides is 1. The van der Waals surface area contributed by atoms with Crippen LogP contribution in [-0.2, 0) is 16.7 Å². The fraction of sp³-hybridized carbons (Fsp3) is 0.375. The smallest absolute Gasteiger partial charge is 0.387 e. The number of aryl methyl sites for hydroxylation is 2. The van der Waals surface area contributed by atoms with Gasteiger partial charge in [-0.05, 0) is 125 Å². The summed E-state index contributed by atoms with van der Waals surface area (Å²) in [5.74, 6) is -1.07. The third kappa shape index (κ3) is 6.52. The van der Waals surface area contributed by atoms with Crippen molar-refractivity contribution in [2.75, 3.05) is 25.5 Å². The molecule has 4 aromatic heterocycles. The Kier molecular flexibility index (Phi) is 9.78. The Morgan fingerprint density at radius 1 is 1.00 bits per heavy atom. The summed E-state index contributed by atoms with van der Waals surface area (Å²) in [5, 5.41) is 18.9. The molecule has 4 atom stereocenters. The molecule has 1 saturated heterocycles. The van der Waals surface area contributed by atoms with Crippen LogP contribution in [0.1, 0.15) is 109 Å². The number of ether oxygens (including phenoxy) is 1. The van der Waals surface area contributed by atoms with Crippen LogP contribution in [0.2, 0.25) is 0 Å². The van der Waals surface area contributed by atoms with Crippen molar-refractivity contribution < 1.29 is 28.2 Å². The highest BCUT2D eigenvalue weighted by Gasteiger charge is 2.59. The molecule has 10 rings (SSSR count). The molecule has 336 valence electrons. The van der Waals surface area contributed by atoms with Gasteiger partial charge in [-0.1, -0.05) is 18.1 Å². The number of carbonyl (C=O) groups excluding carboxylic acids is 1. The van der Waals surface area contributed by atoms with E-state index in [9.17, 15) is 9.59 Å². The lowest BCUT2D eigenvalue weighted by molar-refractivity contribution is -0.104. The van der Waals surface area contributed by atoms with E-state index in [0.29, 0.717) is 70.5 Å². The molecule has 0 spiro atoms. The molecule has 0 bridgehead atoms. The number of nitrogens with zero attached hydrogens (tertiary/aromatic N) is 7. The summed E-state index contributed by atoms with van der Waals surface area (Å²) in [6.07, 6.45) is 6.82. The van der Waals surface area contributed by atoms with Crippen molar-refractivity contribution in [3.05, 3.63) is 139 Å². The zero-order valence-electron chi connectivity index (χ0n) is 37.3. The number of fused-ring (bicyclic) bond motifs is 2. The number of rotatable bonds is 9. The zero-order chi connectivity index (χ0) is 45.9. The average Bonchev–Trinajstić information content (AvgIpc) is 3.77. The van der Waals surface area contributed by atoms with Crippen LogP contribution in [-0.4, -0.2) is 76.4 Å². The normalized spacial score (nSPS) is 21.4. The summed E-state index contributed by atoms with van der Waals surface area (Å²) < 4.78 is 48.5. The molecule has 7 aromatic rings. The van der Waals surface area contributed by atoms with Gasteiger partial charge in [0, 0.05) is 55.5 Å². The van der Waals surface area contributed by atoms with Crippen molar-refractivity contribution in [3.8, 4) is 17.2 Å². The summed E-state index contributed by atoms with van der Waals surface area (Å²) >= 11 is 0. The first-order chi connectivity index (χ1) is 31.1. The number of anilines is 1. The highest BCUT2D eigenvalue weighted by Crippen LogP contribution is 2.56. The van der Waals surface area contributed by atoms with Crippen molar-refractivity contribution in [1.29, 1.82) is 0 Å². The molecule has 2 aliphatic heterocycles. The predicted octanol–water partition coefficient (Wildman–Crippen LogP) is 5.78. The summed E-state index contributed by atoms with van der Waals surface area (Å²) in [5.41, 5.74) is 3.72. The van der Waals surface area contributed by atoms with Crippen molar-refractivity contribution in [2.24, 2.45) is 5.92 Å². The van der Waals surface area contributed by atoms with E-state index in [2.05, 4.69) is 54.4 Å². The van der Waals surface area contributed by atoms with Crippen molar-refractivity contribution >= 4 is 28.7 Å². The first kappa shape index (κ1) is 42.1. The number of aromatic amines is 1. The van der Waals surface area contributed by atoms with E-state index in [-0.39, 0.29) is 47.0 Å². The SMILES string of the molecule is CNc1ccc(-n2ccn(-c3c4c(nn3-c3cc(C)c(F)c(C)c3)CCN(C(=O)c3cc5cc([C@H]6CCOC(C)(C)C6)ccc5n3[C@@]3(c5noc(=O)[nH]5)C[C@@H]3C)[C@H]4C)c2=O)c(F)c1C=[NH2+]. The van der Waals surface area contributed by atoms with Gasteiger partial charge in [0.15, 0.2) is 17.9 Å². The minimum atomic E-state index is -0.863. The maximum atomic E-state index is 16.1. The second-order valence-corrected chi connectivity index (χ2v) is 18.5. The largest absolute Gasteiger partial charge is 0.438 e. The number of aromatic nitrogens is 7. The van der Waals surface area contributed by atoms with E-state index >= 15 is 13.6 Å². The molecule has 1 aliphatic carbocycles. The van der Waals surface area contributed by atoms with Crippen molar-refractivity contribution in [2.45, 2.75) is 90.3 Å². The lowest BCUT2D eigenvalue weighted by Gasteiger charge is -2.35. The number of hydrogen-bond acceptors (Lipinski definition) is 8. The molecule has 65 heavy (non-hydrogen) atoms. The molecule has 1 amide bonds. The van der Waals surface area contributed by atoms with Crippen LogP contribution >= 0.6 is 0 Å². The molecule has 6 heterocycles. The number of imidazole rings is 1. The van der Waals surface area contributed by atoms with Gasteiger partial charge in [-0.25, -0.2) is 23.1 Å². The molecule has 15 nitrogen and oxygen atoms in total. The Labute approximate surface area is 372 Å². The van der Waals surface area contributed by atoms with E-state index in [1.54, 1.807) is 48.7 Å². The van der Waals surface area contributed by atoms with Crippen molar-refractivity contribution in [1.82, 2.24) is 38.5 Å². The monoisotopic (exact) mass is 885 g/mol. The van der Waals surface area contributed by atoms with Gasteiger partial charge >= 0.3 is 11.4 Å². The maximum Gasteiger partial charge on any atom is 0.438 e. The Bertz CT molecular complexity index is 3200. The Morgan fingerprint density at radius 3 is 2.40 bits per heavy atom. The van der Waals surface area contributed by atoms with E-state index in [4.69, 9.17) is 19.8 Å². The minimum Gasteiger partial charge on any atom is -0.387 e. The van der Waals surface area contributed by atoms with Crippen LogP contribution in [0.15, 0.2) is 75.0 Å². The second-order valence-electron chi connectivity index (χ2n) is 18.5. The molecular weight excluding hydrogens is 835 g/mol. The second kappa shape index (κ2) is 15.1. The fourth-order valence-corrected chi connectivity index (χ4v) is 10.6. The van der Waals surface area contributed by atoms with E-state index in [1.807, 2.05) is 17.6 Å². The third-order valence-electron chi connectivity index (χ3n) is 14.0. The average molecular weight is 886 g/mol. The number of halogens is 2.